The average molecular weight is 286 g/mol. The maximum atomic E-state index is 10.00. The molecule has 0 aliphatic rings. The highest BCUT2D eigenvalue weighted by atomic mass is 79.9. The van der Waals surface area contributed by atoms with Crippen LogP contribution >= 0.6 is 15.9 Å². The lowest BCUT2D eigenvalue weighted by Crippen LogP contribution is -2.55. The minimum atomic E-state index is -0.748. The molecule has 0 amide bonds. The molecule has 1 aromatic carbocycles. The molecule has 0 unspecified atom stereocenters. The molecule has 0 fully saturated rings. The lowest BCUT2D eigenvalue weighted by Gasteiger charge is -2.38. The topological polar surface area (TPSA) is 32.3 Å². The van der Waals surface area contributed by atoms with Gasteiger partial charge in [0.2, 0.25) is 0 Å². The minimum absolute atomic E-state index is 0.319. The van der Waals surface area contributed by atoms with Gasteiger partial charge in [-0.1, -0.05) is 28.1 Å². The van der Waals surface area contributed by atoms with Crippen molar-refractivity contribution in [2.24, 2.45) is 0 Å². The predicted molar refractivity (Wildman–Crippen MR) is 71.4 cm³/mol. The van der Waals surface area contributed by atoms with Gasteiger partial charge in [-0.15, -0.1) is 0 Å². The third-order valence-corrected chi connectivity index (χ3v) is 3.71. The van der Waals surface area contributed by atoms with Gasteiger partial charge in [0.25, 0.3) is 0 Å². The summed E-state index contributed by atoms with van der Waals surface area (Å²) in [5.74, 6) is 0. The van der Waals surface area contributed by atoms with Crippen molar-refractivity contribution < 1.29 is 5.11 Å². The fourth-order valence-electron chi connectivity index (χ4n) is 1.14. The van der Waals surface area contributed by atoms with Crippen LogP contribution in [0, 0.1) is 0 Å². The summed E-state index contributed by atoms with van der Waals surface area (Å²) < 4.78 is 1.08. The Labute approximate surface area is 106 Å². The number of rotatable bonds is 4. The molecule has 0 bridgehead atoms. The van der Waals surface area contributed by atoms with Crippen molar-refractivity contribution in [2.45, 2.75) is 45.4 Å². The van der Waals surface area contributed by atoms with E-state index in [1.165, 1.54) is 5.56 Å². The zero-order valence-electron chi connectivity index (χ0n) is 10.3. The highest BCUT2D eigenvalue weighted by Crippen LogP contribution is 2.21. The van der Waals surface area contributed by atoms with Gasteiger partial charge in [0.05, 0.1) is 5.60 Å². The van der Waals surface area contributed by atoms with Crippen LogP contribution in [0.2, 0.25) is 0 Å². The quantitative estimate of drug-likeness (QED) is 0.891. The van der Waals surface area contributed by atoms with E-state index in [1.54, 1.807) is 0 Å². The van der Waals surface area contributed by atoms with Crippen LogP contribution in [-0.2, 0) is 6.54 Å². The Morgan fingerprint density at radius 2 is 1.62 bits per heavy atom. The third-order valence-electron chi connectivity index (χ3n) is 3.18. The summed E-state index contributed by atoms with van der Waals surface area (Å²) in [4.78, 5) is 0. The molecule has 0 radical (unpaired) electrons. The number of hydrogen-bond donors (Lipinski definition) is 2. The SMILES string of the molecule is CC(C)(O)C(C)(C)NCc1ccc(Br)cc1. The van der Waals surface area contributed by atoms with Gasteiger partial charge in [0.1, 0.15) is 0 Å². The Kier molecular flexibility index (Phi) is 4.16. The Morgan fingerprint density at radius 1 is 1.12 bits per heavy atom. The van der Waals surface area contributed by atoms with Crippen molar-refractivity contribution in [3.05, 3.63) is 34.3 Å². The second-order valence-electron chi connectivity index (χ2n) is 5.16. The molecule has 0 aliphatic heterocycles. The summed E-state index contributed by atoms with van der Waals surface area (Å²) in [5.41, 5.74) is 0.142. The minimum Gasteiger partial charge on any atom is -0.389 e. The second kappa shape index (κ2) is 4.86. The molecule has 0 aliphatic carbocycles. The molecule has 2 nitrogen and oxygen atoms in total. The Morgan fingerprint density at radius 3 is 2.06 bits per heavy atom. The van der Waals surface area contributed by atoms with E-state index in [1.807, 2.05) is 39.8 Å². The third kappa shape index (κ3) is 3.58. The molecule has 0 heterocycles. The van der Waals surface area contributed by atoms with E-state index in [0.29, 0.717) is 0 Å². The molecule has 0 spiro atoms. The van der Waals surface area contributed by atoms with Crippen LogP contribution < -0.4 is 5.32 Å². The standard InChI is InChI=1S/C13H20BrNO/c1-12(2,13(3,4)16)15-9-10-5-7-11(14)8-6-10/h5-8,15-16H,9H2,1-4H3. The number of benzene rings is 1. The summed E-state index contributed by atoms with van der Waals surface area (Å²) in [6, 6.07) is 8.18. The molecule has 3 heteroatoms. The van der Waals surface area contributed by atoms with Crippen LogP contribution in [-0.4, -0.2) is 16.2 Å². The maximum absolute atomic E-state index is 10.00. The maximum Gasteiger partial charge on any atom is 0.0767 e. The van der Waals surface area contributed by atoms with Crippen molar-refractivity contribution >= 4 is 15.9 Å². The van der Waals surface area contributed by atoms with Gasteiger partial charge in [0, 0.05) is 16.6 Å². The van der Waals surface area contributed by atoms with E-state index < -0.39 is 5.60 Å². The van der Waals surface area contributed by atoms with E-state index in [2.05, 4.69) is 33.4 Å². The van der Waals surface area contributed by atoms with Gasteiger partial charge in [-0.2, -0.15) is 0 Å². The van der Waals surface area contributed by atoms with Crippen molar-refractivity contribution in [1.29, 1.82) is 0 Å². The van der Waals surface area contributed by atoms with Gasteiger partial charge in [-0.05, 0) is 45.4 Å². The number of aliphatic hydroxyl groups is 1. The van der Waals surface area contributed by atoms with Crippen molar-refractivity contribution in [3.63, 3.8) is 0 Å². The van der Waals surface area contributed by atoms with E-state index in [9.17, 15) is 5.11 Å². The Bertz CT molecular complexity index is 338. The smallest absolute Gasteiger partial charge is 0.0767 e. The lowest BCUT2D eigenvalue weighted by molar-refractivity contribution is -0.00531. The van der Waals surface area contributed by atoms with Crippen LogP contribution in [0.5, 0.6) is 0 Å². The number of nitrogens with one attached hydrogen (secondary N) is 1. The summed E-state index contributed by atoms with van der Waals surface area (Å²) in [7, 11) is 0. The summed E-state index contributed by atoms with van der Waals surface area (Å²) in [6.45, 7) is 8.41. The van der Waals surface area contributed by atoms with Crippen LogP contribution in [0.1, 0.15) is 33.3 Å². The fraction of sp³-hybridized carbons (Fsp3) is 0.538. The van der Waals surface area contributed by atoms with Crippen LogP contribution in [0.3, 0.4) is 0 Å². The molecule has 0 saturated heterocycles. The summed E-state index contributed by atoms with van der Waals surface area (Å²) in [5, 5.41) is 13.4. The second-order valence-corrected chi connectivity index (χ2v) is 6.08. The van der Waals surface area contributed by atoms with Crippen LogP contribution in [0.4, 0.5) is 0 Å². The monoisotopic (exact) mass is 285 g/mol. The average Bonchev–Trinajstić information content (AvgIpc) is 2.15. The zero-order chi connectivity index (χ0) is 12.4. The van der Waals surface area contributed by atoms with Gasteiger partial charge in [0.15, 0.2) is 0 Å². The molecule has 90 valence electrons. The fourth-order valence-corrected chi connectivity index (χ4v) is 1.41. The van der Waals surface area contributed by atoms with Gasteiger partial charge >= 0.3 is 0 Å². The lowest BCUT2D eigenvalue weighted by atomic mass is 9.86. The molecular formula is C13H20BrNO. The molecular weight excluding hydrogens is 266 g/mol. The molecule has 1 aromatic rings. The van der Waals surface area contributed by atoms with Crippen molar-refractivity contribution in [3.8, 4) is 0 Å². The highest BCUT2D eigenvalue weighted by molar-refractivity contribution is 9.10. The largest absolute Gasteiger partial charge is 0.389 e. The van der Waals surface area contributed by atoms with E-state index in [0.717, 1.165) is 11.0 Å². The van der Waals surface area contributed by atoms with Gasteiger partial charge in [-0.3, -0.25) is 0 Å². The van der Waals surface area contributed by atoms with E-state index in [4.69, 9.17) is 0 Å². The first-order chi connectivity index (χ1) is 7.22. The Balaban J connectivity index is 2.61. The molecule has 0 aromatic heterocycles. The molecule has 16 heavy (non-hydrogen) atoms. The molecule has 0 atom stereocenters. The van der Waals surface area contributed by atoms with Crippen LogP contribution in [0.15, 0.2) is 28.7 Å². The first-order valence-corrected chi connectivity index (χ1v) is 6.23. The predicted octanol–water partition coefficient (Wildman–Crippen LogP) is 3.09. The van der Waals surface area contributed by atoms with Crippen LogP contribution in [0.25, 0.3) is 0 Å². The molecule has 0 saturated carbocycles. The summed E-state index contributed by atoms with van der Waals surface area (Å²) >= 11 is 3.41. The molecule has 1 rings (SSSR count). The number of halogens is 1. The van der Waals surface area contributed by atoms with Gasteiger partial charge in [-0.25, -0.2) is 0 Å². The summed E-state index contributed by atoms with van der Waals surface area (Å²) in [6.07, 6.45) is 0. The Hall–Kier alpha value is -0.380. The first-order valence-electron chi connectivity index (χ1n) is 5.44. The number of hydrogen-bond acceptors (Lipinski definition) is 2. The molecule has 2 N–H and O–H groups in total. The zero-order valence-corrected chi connectivity index (χ0v) is 11.9. The van der Waals surface area contributed by atoms with Crippen molar-refractivity contribution in [2.75, 3.05) is 0 Å². The first kappa shape index (κ1) is 13.7. The van der Waals surface area contributed by atoms with E-state index >= 15 is 0 Å². The highest BCUT2D eigenvalue weighted by Gasteiger charge is 2.34. The van der Waals surface area contributed by atoms with Gasteiger partial charge < -0.3 is 10.4 Å². The van der Waals surface area contributed by atoms with E-state index in [-0.39, 0.29) is 5.54 Å². The normalized spacial score (nSPS) is 12.9. The van der Waals surface area contributed by atoms with Crippen molar-refractivity contribution in [1.82, 2.24) is 5.32 Å².